The van der Waals surface area contributed by atoms with Crippen LogP contribution in [0.4, 0.5) is 5.82 Å². The number of fused-ring (bicyclic) bond motifs is 2. The van der Waals surface area contributed by atoms with Gasteiger partial charge in [-0.2, -0.15) is 0 Å². The van der Waals surface area contributed by atoms with Crippen molar-refractivity contribution in [1.82, 2.24) is 9.88 Å². The number of hydrogen-bond donors (Lipinski definition) is 0. The highest BCUT2D eigenvalue weighted by Crippen LogP contribution is 2.33. The summed E-state index contributed by atoms with van der Waals surface area (Å²) in [6.45, 7) is 7.39. The molecule has 1 aromatic carbocycles. The zero-order valence-electron chi connectivity index (χ0n) is 15.6. The van der Waals surface area contributed by atoms with Crippen LogP contribution in [0.2, 0.25) is 0 Å². The zero-order chi connectivity index (χ0) is 18.3. The number of pyridine rings is 1. The van der Waals surface area contributed by atoms with Crippen molar-refractivity contribution in [2.45, 2.75) is 26.0 Å². The van der Waals surface area contributed by atoms with Gasteiger partial charge in [0, 0.05) is 25.0 Å². The van der Waals surface area contributed by atoms with Crippen LogP contribution in [0.3, 0.4) is 0 Å². The van der Waals surface area contributed by atoms with Crippen molar-refractivity contribution in [3.8, 4) is 0 Å². The summed E-state index contributed by atoms with van der Waals surface area (Å²) in [6.07, 6.45) is 0.150. The second kappa shape index (κ2) is 6.85. The van der Waals surface area contributed by atoms with Crippen LogP contribution in [0.25, 0.3) is 10.9 Å². The zero-order valence-corrected chi connectivity index (χ0v) is 15.6. The van der Waals surface area contributed by atoms with Gasteiger partial charge >= 0.3 is 5.97 Å². The molecular formula is C20H25N3O3. The first-order chi connectivity index (χ1) is 12.6. The molecule has 2 fully saturated rings. The standard InChI is InChI=1S/C20H25N3O3/c1-4-25-20(24)18-13(2)14-7-5-6-8-15(14)21-19(18)23-11-16-17(12-23)26-10-9-22(16)3/h5-8,16-17H,4,9-12H2,1-3H3. The normalized spacial score (nSPS) is 23.3. The molecule has 2 aliphatic heterocycles. The fourth-order valence-corrected chi connectivity index (χ4v) is 4.07. The van der Waals surface area contributed by atoms with Crippen LogP contribution >= 0.6 is 0 Å². The van der Waals surface area contributed by atoms with E-state index in [1.54, 1.807) is 0 Å². The molecular weight excluding hydrogens is 330 g/mol. The number of ether oxygens (including phenoxy) is 2. The summed E-state index contributed by atoms with van der Waals surface area (Å²) in [6, 6.07) is 8.27. The van der Waals surface area contributed by atoms with Crippen LogP contribution in [0.5, 0.6) is 0 Å². The largest absolute Gasteiger partial charge is 0.462 e. The fraction of sp³-hybridized carbons (Fsp3) is 0.500. The van der Waals surface area contributed by atoms with Crippen molar-refractivity contribution in [1.29, 1.82) is 0 Å². The highest BCUT2D eigenvalue weighted by molar-refractivity contribution is 6.02. The summed E-state index contributed by atoms with van der Waals surface area (Å²) in [5.74, 6) is 0.411. The summed E-state index contributed by atoms with van der Waals surface area (Å²) in [5, 5.41) is 0.990. The van der Waals surface area contributed by atoms with E-state index >= 15 is 0 Å². The van der Waals surface area contributed by atoms with Crippen molar-refractivity contribution in [2.24, 2.45) is 0 Å². The molecule has 2 saturated heterocycles. The molecule has 1 aromatic heterocycles. The lowest BCUT2D eigenvalue weighted by Crippen LogP contribution is -2.48. The van der Waals surface area contributed by atoms with E-state index in [0.29, 0.717) is 24.0 Å². The summed E-state index contributed by atoms with van der Waals surface area (Å²) >= 11 is 0. The number of hydrogen-bond acceptors (Lipinski definition) is 6. The molecule has 6 heteroatoms. The molecule has 0 bridgehead atoms. The third-order valence-electron chi connectivity index (χ3n) is 5.49. The molecule has 2 unspecified atom stereocenters. The Morgan fingerprint density at radius 2 is 2.15 bits per heavy atom. The van der Waals surface area contributed by atoms with Gasteiger partial charge in [-0.1, -0.05) is 18.2 Å². The molecule has 3 heterocycles. The number of aromatic nitrogens is 1. The molecule has 0 N–H and O–H groups in total. The monoisotopic (exact) mass is 355 g/mol. The number of para-hydroxylation sites is 1. The lowest BCUT2D eigenvalue weighted by molar-refractivity contribution is -0.0362. The number of carbonyl (C=O) groups excluding carboxylic acids is 1. The lowest BCUT2D eigenvalue weighted by Gasteiger charge is -2.33. The topological polar surface area (TPSA) is 54.9 Å². The predicted octanol–water partition coefficient (Wildman–Crippen LogP) is 2.24. The summed E-state index contributed by atoms with van der Waals surface area (Å²) in [4.78, 5) is 22.1. The minimum atomic E-state index is -0.303. The molecule has 26 heavy (non-hydrogen) atoms. The van der Waals surface area contributed by atoms with Gasteiger partial charge in [0.05, 0.1) is 30.9 Å². The van der Waals surface area contributed by atoms with Crippen molar-refractivity contribution >= 4 is 22.7 Å². The smallest absolute Gasteiger partial charge is 0.342 e. The number of carbonyl (C=O) groups is 1. The molecule has 0 aliphatic carbocycles. The van der Waals surface area contributed by atoms with Crippen LogP contribution < -0.4 is 4.90 Å². The van der Waals surface area contributed by atoms with Gasteiger partial charge in [0.15, 0.2) is 0 Å². The van der Waals surface area contributed by atoms with Crippen LogP contribution in [0.15, 0.2) is 24.3 Å². The average molecular weight is 355 g/mol. The quantitative estimate of drug-likeness (QED) is 0.787. The number of benzene rings is 1. The molecule has 2 aliphatic rings. The van der Waals surface area contributed by atoms with Gasteiger partial charge in [0.25, 0.3) is 0 Å². The number of esters is 1. The Hall–Kier alpha value is -2.18. The first-order valence-corrected chi connectivity index (χ1v) is 9.23. The van der Waals surface area contributed by atoms with E-state index < -0.39 is 0 Å². The third kappa shape index (κ3) is 2.83. The molecule has 0 amide bonds. The number of rotatable bonds is 3. The Morgan fingerprint density at radius 1 is 1.35 bits per heavy atom. The van der Waals surface area contributed by atoms with E-state index in [-0.39, 0.29) is 12.1 Å². The van der Waals surface area contributed by atoms with Gasteiger partial charge in [0.1, 0.15) is 11.4 Å². The third-order valence-corrected chi connectivity index (χ3v) is 5.49. The first-order valence-electron chi connectivity index (χ1n) is 9.23. The molecule has 138 valence electrons. The number of likely N-dealkylation sites (N-methyl/N-ethyl adjacent to an activating group) is 1. The summed E-state index contributed by atoms with van der Waals surface area (Å²) in [5.41, 5.74) is 2.40. The van der Waals surface area contributed by atoms with Crippen LogP contribution in [-0.4, -0.2) is 67.9 Å². The lowest BCUT2D eigenvalue weighted by atomic mass is 10.0. The van der Waals surface area contributed by atoms with E-state index in [4.69, 9.17) is 14.5 Å². The Labute approximate surface area is 153 Å². The molecule has 0 spiro atoms. The van der Waals surface area contributed by atoms with E-state index in [0.717, 1.165) is 42.7 Å². The molecule has 2 aromatic rings. The number of aryl methyl sites for hydroxylation is 1. The molecule has 0 radical (unpaired) electrons. The second-order valence-corrected chi connectivity index (χ2v) is 7.04. The van der Waals surface area contributed by atoms with Gasteiger partial charge in [0.2, 0.25) is 0 Å². The maximum absolute atomic E-state index is 12.7. The van der Waals surface area contributed by atoms with Gasteiger partial charge in [-0.3, -0.25) is 4.90 Å². The van der Waals surface area contributed by atoms with Crippen molar-refractivity contribution < 1.29 is 14.3 Å². The number of morpholine rings is 1. The van der Waals surface area contributed by atoms with Crippen LogP contribution in [0, 0.1) is 6.92 Å². The average Bonchev–Trinajstić information content (AvgIpc) is 3.07. The second-order valence-electron chi connectivity index (χ2n) is 7.04. The fourth-order valence-electron chi connectivity index (χ4n) is 4.07. The van der Waals surface area contributed by atoms with Crippen LogP contribution in [-0.2, 0) is 9.47 Å². The van der Waals surface area contributed by atoms with E-state index in [9.17, 15) is 4.79 Å². The summed E-state index contributed by atoms with van der Waals surface area (Å²) < 4.78 is 11.3. The van der Waals surface area contributed by atoms with Gasteiger partial charge < -0.3 is 14.4 Å². The van der Waals surface area contributed by atoms with Crippen molar-refractivity contribution in [3.63, 3.8) is 0 Å². The first kappa shape index (κ1) is 17.2. The Bertz CT molecular complexity index is 838. The van der Waals surface area contributed by atoms with E-state index in [1.807, 2.05) is 38.1 Å². The highest BCUT2D eigenvalue weighted by Gasteiger charge is 2.40. The maximum Gasteiger partial charge on any atom is 0.342 e. The molecule has 4 rings (SSSR count). The van der Waals surface area contributed by atoms with E-state index in [1.165, 1.54) is 0 Å². The van der Waals surface area contributed by atoms with Gasteiger partial charge in [-0.15, -0.1) is 0 Å². The number of anilines is 1. The van der Waals surface area contributed by atoms with E-state index in [2.05, 4.69) is 16.8 Å². The Kier molecular flexibility index (Phi) is 4.54. The van der Waals surface area contributed by atoms with Gasteiger partial charge in [-0.25, -0.2) is 9.78 Å². The minimum absolute atomic E-state index is 0.150. The highest BCUT2D eigenvalue weighted by atomic mass is 16.5. The Balaban J connectivity index is 1.80. The predicted molar refractivity (Wildman–Crippen MR) is 101 cm³/mol. The molecule has 0 saturated carbocycles. The minimum Gasteiger partial charge on any atom is -0.462 e. The SMILES string of the molecule is CCOC(=O)c1c(N2CC3OCCN(C)C3C2)nc2ccccc2c1C. The van der Waals surface area contributed by atoms with Crippen molar-refractivity contribution in [2.75, 3.05) is 44.8 Å². The molecule has 6 nitrogen and oxygen atoms in total. The van der Waals surface area contributed by atoms with Crippen molar-refractivity contribution in [3.05, 3.63) is 35.4 Å². The summed E-state index contributed by atoms with van der Waals surface area (Å²) in [7, 11) is 2.13. The number of nitrogens with zero attached hydrogens (tertiary/aromatic N) is 3. The van der Waals surface area contributed by atoms with Crippen LogP contribution in [0.1, 0.15) is 22.8 Å². The Morgan fingerprint density at radius 3 is 2.92 bits per heavy atom. The maximum atomic E-state index is 12.7. The van der Waals surface area contributed by atoms with Gasteiger partial charge in [-0.05, 0) is 32.5 Å². The molecule has 2 atom stereocenters.